The zero-order valence-electron chi connectivity index (χ0n) is 19.7. The molecule has 0 saturated carbocycles. The van der Waals surface area contributed by atoms with Crippen LogP contribution in [-0.2, 0) is 16.0 Å². The van der Waals surface area contributed by atoms with Crippen molar-refractivity contribution in [3.63, 3.8) is 0 Å². The topological polar surface area (TPSA) is 62.2 Å². The molecule has 0 aliphatic carbocycles. The third kappa shape index (κ3) is 7.40. The third-order valence-corrected chi connectivity index (χ3v) is 6.75. The highest BCUT2D eigenvalue weighted by atomic mass is 32.1. The fourth-order valence-corrected chi connectivity index (χ4v) is 5.08. The number of ether oxygens (including phenoxy) is 2. The van der Waals surface area contributed by atoms with Crippen LogP contribution in [0.4, 0.5) is 0 Å². The van der Waals surface area contributed by atoms with Gasteiger partial charge < -0.3 is 19.5 Å². The number of aliphatic hydroxyl groups is 1. The van der Waals surface area contributed by atoms with Crippen molar-refractivity contribution in [2.24, 2.45) is 0 Å². The number of nitrogens with zero attached hydrogens (tertiary/aromatic N) is 2. The second-order valence-electron chi connectivity index (χ2n) is 8.49. The minimum Gasteiger partial charge on any atom is -0.491 e. The first-order valence-corrected chi connectivity index (χ1v) is 12.5. The number of fused-ring (bicyclic) bond motifs is 1. The summed E-state index contributed by atoms with van der Waals surface area (Å²) < 4.78 is 11.5. The van der Waals surface area contributed by atoms with Gasteiger partial charge in [0.2, 0.25) is 5.91 Å². The number of carbonyl (C=O) groups is 1. The van der Waals surface area contributed by atoms with Crippen LogP contribution in [-0.4, -0.2) is 72.9 Å². The molecule has 0 fully saturated rings. The average molecular weight is 473 g/mol. The minimum atomic E-state index is -0.644. The average Bonchev–Trinajstić information content (AvgIpc) is 3.28. The summed E-state index contributed by atoms with van der Waals surface area (Å²) in [5, 5.41) is 12.4. The van der Waals surface area contributed by atoms with E-state index in [2.05, 4.69) is 24.9 Å². The van der Waals surface area contributed by atoms with Gasteiger partial charge in [0.05, 0.1) is 31.9 Å². The van der Waals surface area contributed by atoms with Crippen molar-refractivity contribution in [3.8, 4) is 5.75 Å². The van der Waals surface area contributed by atoms with Gasteiger partial charge in [-0.25, -0.2) is 0 Å². The molecule has 180 valence electrons. The lowest BCUT2D eigenvalue weighted by Crippen LogP contribution is -2.48. The van der Waals surface area contributed by atoms with Gasteiger partial charge in [-0.05, 0) is 55.5 Å². The summed E-state index contributed by atoms with van der Waals surface area (Å²) in [6.45, 7) is 10.9. The molecule has 1 amide bonds. The van der Waals surface area contributed by atoms with Crippen molar-refractivity contribution in [1.82, 2.24) is 9.80 Å². The number of aryl methyl sites for hydroxylation is 1. The van der Waals surface area contributed by atoms with Crippen LogP contribution in [0, 0.1) is 6.92 Å². The maximum Gasteiger partial charge on any atom is 0.237 e. The highest BCUT2D eigenvalue weighted by Crippen LogP contribution is 2.34. The van der Waals surface area contributed by atoms with Gasteiger partial charge in [0, 0.05) is 18.0 Å². The van der Waals surface area contributed by atoms with Gasteiger partial charge in [0.1, 0.15) is 12.4 Å². The number of carbonyl (C=O) groups excluding carboxylic acids is 1. The highest BCUT2D eigenvalue weighted by molar-refractivity contribution is 7.10. The molecule has 33 heavy (non-hydrogen) atoms. The SMILES string of the molecule is C=CCOC[C@H](O)CN(CCC)CC(=O)N1CCc2sccc2[C@@H]1COc1ccc(C)cc1. The molecule has 0 saturated heterocycles. The van der Waals surface area contributed by atoms with E-state index in [1.54, 1.807) is 17.4 Å². The summed E-state index contributed by atoms with van der Waals surface area (Å²) in [4.78, 5) is 18.7. The predicted molar refractivity (Wildman–Crippen MR) is 133 cm³/mol. The monoisotopic (exact) mass is 472 g/mol. The molecule has 0 unspecified atom stereocenters. The van der Waals surface area contributed by atoms with Gasteiger partial charge in [0.25, 0.3) is 0 Å². The Labute approximate surface area is 201 Å². The predicted octanol–water partition coefficient (Wildman–Crippen LogP) is 3.84. The lowest BCUT2D eigenvalue weighted by atomic mass is 10.0. The first-order chi connectivity index (χ1) is 16.0. The normalized spacial score (nSPS) is 16.5. The van der Waals surface area contributed by atoms with Crippen LogP contribution in [0.25, 0.3) is 0 Å². The van der Waals surface area contributed by atoms with Crippen LogP contribution in [0.5, 0.6) is 5.75 Å². The summed E-state index contributed by atoms with van der Waals surface area (Å²) in [7, 11) is 0. The van der Waals surface area contributed by atoms with Crippen molar-refractivity contribution in [1.29, 1.82) is 0 Å². The molecular weight excluding hydrogens is 436 g/mol. The van der Waals surface area contributed by atoms with Crippen molar-refractivity contribution in [2.45, 2.75) is 38.8 Å². The first-order valence-electron chi connectivity index (χ1n) is 11.7. The number of thiophene rings is 1. The lowest BCUT2D eigenvalue weighted by Gasteiger charge is -2.37. The maximum atomic E-state index is 13.4. The summed E-state index contributed by atoms with van der Waals surface area (Å²) in [6, 6.07) is 10.0. The molecule has 0 bridgehead atoms. The summed E-state index contributed by atoms with van der Waals surface area (Å²) >= 11 is 1.75. The van der Waals surface area contributed by atoms with Gasteiger partial charge in [-0.15, -0.1) is 17.9 Å². The van der Waals surface area contributed by atoms with E-state index in [0.717, 1.165) is 25.1 Å². The summed E-state index contributed by atoms with van der Waals surface area (Å²) in [6.07, 6.45) is 2.79. The summed E-state index contributed by atoms with van der Waals surface area (Å²) in [5.41, 5.74) is 2.37. The molecule has 2 atom stereocenters. The maximum absolute atomic E-state index is 13.4. The summed E-state index contributed by atoms with van der Waals surface area (Å²) in [5.74, 6) is 0.877. The molecular formula is C26H36N2O4S. The molecule has 3 rings (SSSR count). The molecule has 1 aliphatic heterocycles. The van der Waals surface area contributed by atoms with E-state index in [4.69, 9.17) is 9.47 Å². The number of amides is 1. The minimum absolute atomic E-state index is 0.0667. The Bertz CT molecular complexity index is 883. The number of hydrogen-bond donors (Lipinski definition) is 1. The largest absolute Gasteiger partial charge is 0.491 e. The number of rotatable bonds is 13. The second kappa shape index (κ2) is 12.9. The van der Waals surface area contributed by atoms with Crippen molar-refractivity contribution < 1.29 is 19.4 Å². The Morgan fingerprint density at radius 3 is 2.88 bits per heavy atom. The van der Waals surface area contributed by atoms with E-state index >= 15 is 0 Å². The van der Waals surface area contributed by atoms with Gasteiger partial charge >= 0.3 is 0 Å². The molecule has 6 nitrogen and oxygen atoms in total. The van der Waals surface area contributed by atoms with E-state index < -0.39 is 6.10 Å². The van der Waals surface area contributed by atoms with Crippen LogP contribution in [0.2, 0.25) is 0 Å². The van der Waals surface area contributed by atoms with E-state index in [0.29, 0.717) is 26.3 Å². The van der Waals surface area contributed by atoms with Crippen LogP contribution >= 0.6 is 11.3 Å². The molecule has 1 aromatic carbocycles. The highest BCUT2D eigenvalue weighted by Gasteiger charge is 2.33. The Morgan fingerprint density at radius 2 is 2.15 bits per heavy atom. The van der Waals surface area contributed by atoms with E-state index in [9.17, 15) is 9.90 Å². The van der Waals surface area contributed by atoms with Crippen molar-refractivity contribution in [2.75, 3.05) is 46.0 Å². The Morgan fingerprint density at radius 1 is 1.36 bits per heavy atom. The Balaban J connectivity index is 1.66. The van der Waals surface area contributed by atoms with E-state index in [1.165, 1.54) is 16.0 Å². The van der Waals surface area contributed by atoms with E-state index in [-0.39, 0.29) is 25.1 Å². The van der Waals surface area contributed by atoms with E-state index in [1.807, 2.05) is 41.0 Å². The molecule has 1 aliphatic rings. The molecule has 2 aromatic rings. The molecule has 1 aromatic heterocycles. The molecule has 0 spiro atoms. The van der Waals surface area contributed by atoms with Gasteiger partial charge in [-0.2, -0.15) is 0 Å². The van der Waals surface area contributed by atoms with Gasteiger partial charge in [-0.3, -0.25) is 9.69 Å². The zero-order valence-corrected chi connectivity index (χ0v) is 20.6. The molecule has 0 radical (unpaired) electrons. The van der Waals surface area contributed by atoms with Gasteiger partial charge in [0.15, 0.2) is 0 Å². The fraction of sp³-hybridized carbons (Fsp3) is 0.500. The number of aliphatic hydroxyl groups excluding tert-OH is 1. The lowest BCUT2D eigenvalue weighted by molar-refractivity contribution is -0.136. The Hall–Kier alpha value is -2.19. The standard InChI is InChI=1S/C26H36N2O4S/c1-4-12-27(16-21(29)18-31-14-5-2)17-26(30)28-13-10-25-23(11-15-33-25)24(28)19-32-22-8-6-20(3)7-9-22/h5-9,11,15,21,24,29H,2,4,10,12-14,16-19H2,1,3H3/t21-,24+/m1/s1. The third-order valence-electron chi connectivity index (χ3n) is 5.76. The van der Waals surface area contributed by atoms with Crippen molar-refractivity contribution >= 4 is 17.2 Å². The molecule has 1 N–H and O–H groups in total. The van der Waals surface area contributed by atoms with Crippen LogP contribution in [0.1, 0.15) is 35.4 Å². The van der Waals surface area contributed by atoms with Crippen LogP contribution in [0.3, 0.4) is 0 Å². The second-order valence-corrected chi connectivity index (χ2v) is 9.49. The number of benzene rings is 1. The first kappa shape index (κ1) is 25.4. The van der Waals surface area contributed by atoms with Crippen LogP contribution < -0.4 is 4.74 Å². The zero-order chi connectivity index (χ0) is 23.6. The van der Waals surface area contributed by atoms with Gasteiger partial charge in [-0.1, -0.05) is 30.7 Å². The smallest absolute Gasteiger partial charge is 0.237 e. The number of hydrogen-bond acceptors (Lipinski definition) is 6. The fourth-order valence-electron chi connectivity index (χ4n) is 4.16. The molecule has 2 heterocycles. The molecule has 7 heteroatoms. The quantitative estimate of drug-likeness (QED) is 0.355. The Kier molecular flexibility index (Phi) is 9.94. The van der Waals surface area contributed by atoms with Crippen molar-refractivity contribution in [3.05, 3.63) is 64.4 Å². The van der Waals surface area contributed by atoms with Crippen LogP contribution in [0.15, 0.2) is 48.4 Å².